The van der Waals surface area contributed by atoms with Crippen molar-refractivity contribution in [3.8, 4) is 11.1 Å². The van der Waals surface area contributed by atoms with E-state index >= 15 is 0 Å². The molecule has 1 aliphatic carbocycles. The van der Waals surface area contributed by atoms with Gasteiger partial charge in [0.05, 0.1) is 19.6 Å². The topological polar surface area (TPSA) is 123 Å². The summed E-state index contributed by atoms with van der Waals surface area (Å²) in [5, 5.41) is 14.1. The fourth-order valence-electron chi connectivity index (χ4n) is 4.61. The van der Waals surface area contributed by atoms with Crippen LogP contribution in [0.5, 0.6) is 0 Å². The van der Waals surface area contributed by atoms with Crippen molar-refractivity contribution in [1.29, 1.82) is 0 Å². The molecule has 0 unspecified atom stereocenters. The van der Waals surface area contributed by atoms with Crippen LogP contribution in [0.2, 0.25) is 0 Å². The number of amides is 2. The van der Waals surface area contributed by atoms with Crippen LogP contribution in [0.25, 0.3) is 11.1 Å². The number of carbonyl (C=O) groups is 3. The van der Waals surface area contributed by atoms with Crippen molar-refractivity contribution in [1.82, 2.24) is 10.6 Å². The number of alkyl carbamates (subject to hydrolysis) is 1. The summed E-state index contributed by atoms with van der Waals surface area (Å²) in [7, 11) is 0. The highest BCUT2D eigenvalue weighted by Gasteiger charge is 2.34. The Morgan fingerprint density at radius 1 is 0.971 bits per heavy atom. The molecule has 2 amide bonds. The van der Waals surface area contributed by atoms with E-state index in [9.17, 15) is 14.4 Å². The van der Waals surface area contributed by atoms with E-state index in [2.05, 4.69) is 34.9 Å². The standard InChI is InChI=1S/C26H30N2O7/c29-23(30)10-12-33-14-11-27-25(31)24-17(9-13-34-24)15-28-26(32)35-16-22-20-7-3-1-5-18(20)19-6-2-4-8-21(19)22/h1-8,17,22,24H,9-16H2,(H,27,31)(H,28,32)(H,29,30)/t17-,24-/m1/s1. The minimum atomic E-state index is -0.930. The molecule has 1 aliphatic heterocycles. The Kier molecular flexibility index (Phi) is 8.33. The molecule has 0 bridgehead atoms. The van der Waals surface area contributed by atoms with Gasteiger partial charge in [-0.1, -0.05) is 48.5 Å². The van der Waals surface area contributed by atoms with Crippen molar-refractivity contribution in [3.63, 3.8) is 0 Å². The second-order valence-electron chi connectivity index (χ2n) is 8.59. The molecule has 2 aromatic carbocycles. The van der Waals surface area contributed by atoms with E-state index in [1.54, 1.807) is 0 Å². The van der Waals surface area contributed by atoms with Gasteiger partial charge in [-0.3, -0.25) is 9.59 Å². The van der Waals surface area contributed by atoms with Crippen LogP contribution < -0.4 is 10.6 Å². The van der Waals surface area contributed by atoms with Crippen molar-refractivity contribution in [2.24, 2.45) is 5.92 Å². The number of carboxylic acids is 1. The number of hydrogen-bond acceptors (Lipinski definition) is 6. The lowest BCUT2D eigenvalue weighted by molar-refractivity contribution is -0.138. The number of aliphatic carboxylic acids is 1. The van der Waals surface area contributed by atoms with E-state index in [-0.39, 0.29) is 57.1 Å². The molecule has 9 nitrogen and oxygen atoms in total. The summed E-state index contributed by atoms with van der Waals surface area (Å²) in [6.45, 7) is 1.50. The molecule has 0 saturated carbocycles. The smallest absolute Gasteiger partial charge is 0.407 e. The van der Waals surface area contributed by atoms with E-state index in [1.165, 1.54) is 11.1 Å². The van der Waals surface area contributed by atoms with Crippen molar-refractivity contribution < 1.29 is 33.7 Å². The number of carbonyl (C=O) groups excluding carboxylic acids is 2. The van der Waals surface area contributed by atoms with Crippen molar-refractivity contribution in [3.05, 3.63) is 59.7 Å². The zero-order valence-corrected chi connectivity index (χ0v) is 19.4. The maximum absolute atomic E-state index is 12.4. The molecule has 186 valence electrons. The van der Waals surface area contributed by atoms with Gasteiger partial charge >= 0.3 is 12.1 Å². The zero-order valence-electron chi connectivity index (χ0n) is 19.4. The number of hydrogen-bond donors (Lipinski definition) is 3. The minimum Gasteiger partial charge on any atom is -0.481 e. The van der Waals surface area contributed by atoms with Gasteiger partial charge in [0.15, 0.2) is 0 Å². The number of rotatable bonds is 11. The highest BCUT2D eigenvalue weighted by molar-refractivity contribution is 5.81. The Labute approximate surface area is 203 Å². The first-order valence-corrected chi connectivity index (χ1v) is 11.8. The average Bonchev–Trinajstić information content (AvgIpc) is 3.46. The van der Waals surface area contributed by atoms with Gasteiger partial charge in [0.1, 0.15) is 12.7 Å². The highest BCUT2D eigenvalue weighted by atomic mass is 16.5. The van der Waals surface area contributed by atoms with E-state index in [4.69, 9.17) is 19.3 Å². The Morgan fingerprint density at radius 2 is 1.66 bits per heavy atom. The maximum Gasteiger partial charge on any atom is 0.407 e. The first-order chi connectivity index (χ1) is 17.0. The predicted molar refractivity (Wildman–Crippen MR) is 127 cm³/mol. The van der Waals surface area contributed by atoms with Gasteiger partial charge in [0.2, 0.25) is 5.91 Å². The van der Waals surface area contributed by atoms with Crippen LogP contribution in [-0.2, 0) is 23.8 Å². The van der Waals surface area contributed by atoms with Gasteiger partial charge in [-0.05, 0) is 28.7 Å². The van der Waals surface area contributed by atoms with Crippen LogP contribution in [0.3, 0.4) is 0 Å². The molecule has 1 saturated heterocycles. The summed E-state index contributed by atoms with van der Waals surface area (Å²) < 4.78 is 16.3. The third-order valence-electron chi connectivity index (χ3n) is 6.33. The third kappa shape index (κ3) is 6.17. The first kappa shape index (κ1) is 24.7. The summed E-state index contributed by atoms with van der Waals surface area (Å²) in [4.78, 5) is 35.4. The summed E-state index contributed by atoms with van der Waals surface area (Å²) in [6.07, 6.45) is -0.618. The molecule has 3 N–H and O–H groups in total. The molecule has 1 fully saturated rings. The Balaban J connectivity index is 1.21. The fourth-order valence-corrected chi connectivity index (χ4v) is 4.61. The number of benzene rings is 2. The molecule has 0 aromatic heterocycles. The summed E-state index contributed by atoms with van der Waals surface area (Å²) in [6, 6.07) is 16.3. The predicted octanol–water partition coefficient (Wildman–Crippen LogP) is 2.54. The maximum atomic E-state index is 12.4. The lowest BCUT2D eigenvalue weighted by atomic mass is 9.98. The van der Waals surface area contributed by atoms with E-state index in [0.29, 0.717) is 13.0 Å². The van der Waals surface area contributed by atoms with E-state index < -0.39 is 18.2 Å². The molecule has 35 heavy (non-hydrogen) atoms. The molecule has 2 aliphatic rings. The molecule has 4 rings (SSSR count). The number of ether oxygens (including phenoxy) is 3. The SMILES string of the molecule is O=C(O)CCOCCNC(=O)[C@@H]1OCC[C@@H]1CNC(=O)OCC1c2ccccc2-c2ccccc21. The van der Waals surface area contributed by atoms with Crippen LogP contribution in [0, 0.1) is 5.92 Å². The van der Waals surface area contributed by atoms with Crippen molar-refractivity contribution >= 4 is 18.0 Å². The molecule has 9 heteroatoms. The van der Waals surface area contributed by atoms with Gasteiger partial charge in [0.25, 0.3) is 0 Å². The lowest BCUT2D eigenvalue weighted by Crippen LogP contribution is -2.43. The Bertz CT molecular complexity index is 1010. The average molecular weight is 483 g/mol. The molecule has 0 radical (unpaired) electrons. The monoisotopic (exact) mass is 482 g/mol. The first-order valence-electron chi connectivity index (χ1n) is 11.8. The molecular formula is C26H30N2O7. The largest absolute Gasteiger partial charge is 0.481 e. The normalized spacial score (nSPS) is 18.5. The fraction of sp³-hybridized carbons (Fsp3) is 0.423. The number of carboxylic acid groups (broad SMARTS) is 1. The van der Waals surface area contributed by atoms with Crippen LogP contribution in [0.15, 0.2) is 48.5 Å². The highest BCUT2D eigenvalue weighted by Crippen LogP contribution is 2.44. The van der Waals surface area contributed by atoms with Gasteiger partial charge in [-0.2, -0.15) is 0 Å². The molecule has 2 atom stereocenters. The third-order valence-corrected chi connectivity index (χ3v) is 6.33. The van der Waals surface area contributed by atoms with Gasteiger partial charge in [-0.25, -0.2) is 4.79 Å². The summed E-state index contributed by atoms with van der Waals surface area (Å²) in [5.41, 5.74) is 4.63. The molecule has 0 spiro atoms. The van der Waals surface area contributed by atoms with E-state index in [1.807, 2.05) is 24.3 Å². The van der Waals surface area contributed by atoms with Gasteiger partial charge < -0.3 is 30.0 Å². The second kappa shape index (κ2) is 11.8. The van der Waals surface area contributed by atoms with E-state index in [0.717, 1.165) is 11.1 Å². The molecular weight excluding hydrogens is 452 g/mol. The van der Waals surface area contributed by atoms with Crippen LogP contribution >= 0.6 is 0 Å². The van der Waals surface area contributed by atoms with Crippen LogP contribution in [-0.4, -0.2) is 68.7 Å². The quantitative estimate of drug-likeness (QED) is 0.421. The van der Waals surface area contributed by atoms with Crippen LogP contribution in [0.4, 0.5) is 4.79 Å². The van der Waals surface area contributed by atoms with Gasteiger partial charge in [-0.15, -0.1) is 0 Å². The second-order valence-corrected chi connectivity index (χ2v) is 8.59. The molecule has 1 heterocycles. The number of fused-ring (bicyclic) bond motifs is 3. The zero-order chi connectivity index (χ0) is 24.6. The number of nitrogens with one attached hydrogen (secondary N) is 2. The van der Waals surface area contributed by atoms with Crippen molar-refractivity contribution in [2.75, 3.05) is 39.5 Å². The Hall–Kier alpha value is -3.43. The summed E-state index contributed by atoms with van der Waals surface area (Å²) >= 11 is 0. The van der Waals surface area contributed by atoms with Gasteiger partial charge in [0, 0.05) is 31.5 Å². The van der Waals surface area contributed by atoms with Crippen molar-refractivity contribution in [2.45, 2.75) is 24.9 Å². The summed E-state index contributed by atoms with van der Waals surface area (Å²) in [5.74, 6) is -1.38. The lowest BCUT2D eigenvalue weighted by Gasteiger charge is -2.19. The Morgan fingerprint density at radius 3 is 2.34 bits per heavy atom. The van der Waals surface area contributed by atoms with Crippen LogP contribution in [0.1, 0.15) is 29.9 Å². The minimum absolute atomic E-state index is 0.0146. The molecule has 2 aromatic rings.